The molecule has 1 aromatic rings. The van der Waals surface area contributed by atoms with E-state index in [0.29, 0.717) is 13.0 Å². The van der Waals surface area contributed by atoms with Gasteiger partial charge in [-0.2, -0.15) is 5.10 Å². The van der Waals surface area contributed by atoms with E-state index < -0.39 is 11.9 Å². The van der Waals surface area contributed by atoms with E-state index in [4.69, 9.17) is 10.8 Å². The van der Waals surface area contributed by atoms with E-state index in [0.717, 1.165) is 5.56 Å². The number of carboxylic acids is 1. The normalized spacial score (nSPS) is 10.7. The summed E-state index contributed by atoms with van der Waals surface area (Å²) >= 11 is 0. The first-order valence-electron chi connectivity index (χ1n) is 5.17. The van der Waals surface area contributed by atoms with Crippen LogP contribution >= 0.6 is 0 Å². The predicted molar refractivity (Wildman–Crippen MR) is 60.2 cm³/mol. The van der Waals surface area contributed by atoms with Crippen molar-refractivity contribution in [2.24, 2.45) is 12.8 Å². The average Bonchev–Trinajstić information content (AvgIpc) is 2.59. The van der Waals surface area contributed by atoms with Crippen molar-refractivity contribution in [2.75, 3.05) is 19.6 Å². The number of nitrogens with zero attached hydrogens (tertiary/aromatic N) is 3. The zero-order chi connectivity index (χ0) is 12.8. The van der Waals surface area contributed by atoms with Gasteiger partial charge in [-0.3, -0.25) is 19.2 Å². The molecular weight excluding hydrogens is 224 g/mol. The number of aryl methyl sites for hydroxylation is 1. The van der Waals surface area contributed by atoms with Crippen molar-refractivity contribution in [3.63, 3.8) is 0 Å². The third-order valence-corrected chi connectivity index (χ3v) is 2.21. The van der Waals surface area contributed by atoms with Gasteiger partial charge in [-0.25, -0.2) is 0 Å². The second-order valence-corrected chi connectivity index (χ2v) is 3.84. The van der Waals surface area contributed by atoms with Gasteiger partial charge in [0, 0.05) is 19.8 Å². The fraction of sp³-hybridized carbons (Fsp3) is 0.500. The number of nitrogens with two attached hydrogens (primary N) is 1. The second kappa shape index (κ2) is 6.00. The monoisotopic (exact) mass is 240 g/mol. The molecule has 0 unspecified atom stereocenters. The highest BCUT2D eigenvalue weighted by Crippen LogP contribution is 2.00. The zero-order valence-corrected chi connectivity index (χ0v) is 9.67. The van der Waals surface area contributed by atoms with Crippen LogP contribution in [0.15, 0.2) is 12.4 Å². The molecule has 0 aliphatic rings. The SMILES string of the molecule is Cn1cc(CCN(CC(N)=O)CC(=O)O)cn1. The van der Waals surface area contributed by atoms with Crippen LogP contribution in [0.3, 0.4) is 0 Å². The molecule has 0 spiro atoms. The minimum absolute atomic E-state index is 0.0490. The summed E-state index contributed by atoms with van der Waals surface area (Å²) in [6, 6.07) is 0. The number of carboxylic acid groups (broad SMARTS) is 1. The summed E-state index contributed by atoms with van der Waals surface area (Å²) in [7, 11) is 1.81. The lowest BCUT2D eigenvalue weighted by atomic mass is 10.2. The molecule has 1 aromatic heterocycles. The van der Waals surface area contributed by atoms with Crippen LogP contribution in [0, 0.1) is 0 Å². The van der Waals surface area contributed by atoms with Crippen molar-refractivity contribution < 1.29 is 14.7 Å². The maximum atomic E-state index is 10.8. The van der Waals surface area contributed by atoms with Gasteiger partial charge in [0.15, 0.2) is 0 Å². The fourth-order valence-electron chi connectivity index (χ4n) is 1.51. The van der Waals surface area contributed by atoms with Gasteiger partial charge in [-0.1, -0.05) is 0 Å². The molecule has 0 atom stereocenters. The summed E-state index contributed by atoms with van der Waals surface area (Å²) in [6.45, 7) is 0.219. The lowest BCUT2D eigenvalue weighted by molar-refractivity contribution is -0.138. The topological polar surface area (TPSA) is 101 Å². The Balaban J connectivity index is 2.48. The molecule has 7 nitrogen and oxygen atoms in total. The van der Waals surface area contributed by atoms with Gasteiger partial charge in [0.1, 0.15) is 0 Å². The summed E-state index contributed by atoms with van der Waals surface area (Å²) in [5, 5.41) is 12.7. The molecule has 7 heteroatoms. The van der Waals surface area contributed by atoms with E-state index in [2.05, 4.69) is 5.10 Å². The zero-order valence-electron chi connectivity index (χ0n) is 9.67. The van der Waals surface area contributed by atoms with Gasteiger partial charge in [-0.15, -0.1) is 0 Å². The summed E-state index contributed by atoms with van der Waals surface area (Å²) in [6.07, 6.45) is 4.20. The third kappa shape index (κ3) is 5.12. The summed E-state index contributed by atoms with van der Waals surface area (Å²) in [5.74, 6) is -1.50. The predicted octanol–water partition coefficient (Wildman–Crippen LogP) is -1.17. The van der Waals surface area contributed by atoms with Crippen LogP contribution in [-0.2, 0) is 23.1 Å². The summed E-state index contributed by atoms with van der Waals surface area (Å²) in [5.41, 5.74) is 6.05. The molecule has 0 aromatic carbocycles. The number of aliphatic carboxylic acids is 1. The molecule has 1 heterocycles. The Bertz CT molecular complexity index is 386. The standard InChI is InChI=1S/C10H16N4O3/c1-13-5-8(4-12-13)2-3-14(6-9(11)15)7-10(16)17/h4-5H,2-3,6-7H2,1H3,(H2,11,15)(H,16,17). The molecule has 0 saturated heterocycles. The first-order valence-corrected chi connectivity index (χ1v) is 5.17. The van der Waals surface area contributed by atoms with E-state index >= 15 is 0 Å². The van der Waals surface area contributed by atoms with Crippen molar-refractivity contribution in [2.45, 2.75) is 6.42 Å². The molecule has 0 aliphatic heterocycles. The molecule has 1 amide bonds. The van der Waals surface area contributed by atoms with Crippen molar-refractivity contribution >= 4 is 11.9 Å². The van der Waals surface area contributed by atoms with Crippen molar-refractivity contribution in [3.8, 4) is 0 Å². The van der Waals surface area contributed by atoms with Gasteiger partial charge >= 0.3 is 5.97 Å². The number of carbonyl (C=O) groups excluding carboxylic acids is 1. The highest BCUT2D eigenvalue weighted by atomic mass is 16.4. The summed E-state index contributed by atoms with van der Waals surface area (Å²) in [4.78, 5) is 22.9. The van der Waals surface area contributed by atoms with Gasteiger partial charge in [0.2, 0.25) is 5.91 Å². The number of aromatic nitrogens is 2. The number of hydrogen-bond acceptors (Lipinski definition) is 4. The molecule has 0 saturated carbocycles. The van der Waals surface area contributed by atoms with Crippen LogP contribution in [-0.4, -0.2) is 51.3 Å². The van der Waals surface area contributed by atoms with Crippen molar-refractivity contribution in [1.82, 2.24) is 14.7 Å². The van der Waals surface area contributed by atoms with Crippen LogP contribution < -0.4 is 5.73 Å². The molecule has 94 valence electrons. The average molecular weight is 240 g/mol. The van der Waals surface area contributed by atoms with E-state index in [1.165, 1.54) is 4.90 Å². The second-order valence-electron chi connectivity index (χ2n) is 3.84. The lowest BCUT2D eigenvalue weighted by Crippen LogP contribution is -2.38. The van der Waals surface area contributed by atoms with Gasteiger partial charge in [0.25, 0.3) is 0 Å². The van der Waals surface area contributed by atoms with E-state index in [1.54, 1.807) is 10.9 Å². The van der Waals surface area contributed by atoms with E-state index in [9.17, 15) is 9.59 Å². The first kappa shape index (κ1) is 13.2. The van der Waals surface area contributed by atoms with Crippen LogP contribution in [0.1, 0.15) is 5.56 Å². The highest BCUT2D eigenvalue weighted by Gasteiger charge is 2.12. The Kier molecular flexibility index (Phi) is 4.65. The van der Waals surface area contributed by atoms with Crippen LogP contribution in [0.4, 0.5) is 0 Å². The minimum atomic E-state index is -0.975. The molecule has 0 aliphatic carbocycles. The smallest absolute Gasteiger partial charge is 0.317 e. The summed E-state index contributed by atoms with van der Waals surface area (Å²) < 4.78 is 1.67. The Labute approximate surface area is 98.8 Å². The highest BCUT2D eigenvalue weighted by molar-refractivity contribution is 5.77. The van der Waals surface area contributed by atoms with Crippen LogP contribution in [0.25, 0.3) is 0 Å². The largest absolute Gasteiger partial charge is 0.480 e. The number of hydrogen-bond donors (Lipinski definition) is 2. The maximum absolute atomic E-state index is 10.8. The minimum Gasteiger partial charge on any atom is -0.480 e. The fourth-order valence-corrected chi connectivity index (χ4v) is 1.51. The van der Waals surface area contributed by atoms with Gasteiger partial charge < -0.3 is 10.8 Å². The molecule has 0 radical (unpaired) electrons. The van der Waals surface area contributed by atoms with E-state index in [-0.39, 0.29) is 13.1 Å². The van der Waals surface area contributed by atoms with Crippen molar-refractivity contribution in [1.29, 1.82) is 0 Å². The number of rotatable bonds is 7. The number of amides is 1. The van der Waals surface area contributed by atoms with Gasteiger partial charge in [0.05, 0.1) is 19.3 Å². The number of primary amides is 1. The Morgan fingerprint density at radius 3 is 2.71 bits per heavy atom. The van der Waals surface area contributed by atoms with Crippen molar-refractivity contribution in [3.05, 3.63) is 18.0 Å². The lowest BCUT2D eigenvalue weighted by Gasteiger charge is -2.17. The quantitative estimate of drug-likeness (QED) is 0.625. The molecule has 0 fully saturated rings. The maximum Gasteiger partial charge on any atom is 0.317 e. The molecule has 1 rings (SSSR count). The van der Waals surface area contributed by atoms with Crippen LogP contribution in [0.5, 0.6) is 0 Å². The van der Waals surface area contributed by atoms with E-state index in [1.807, 2.05) is 13.2 Å². The van der Waals surface area contributed by atoms with Crippen LogP contribution in [0.2, 0.25) is 0 Å². The van der Waals surface area contributed by atoms with Gasteiger partial charge in [-0.05, 0) is 12.0 Å². The Hall–Kier alpha value is -1.89. The Morgan fingerprint density at radius 2 is 2.24 bits per heavy atom. The molecule has 0 bridgehead atoms. The molecule has 17 heavy (non-hydrogen) atoms. The first-order chi connectivity index (χ1) is 7.97. The Morgan fingerprint density at radius 1 is 1.53 bits per heavy atom. The third-order valence-electron chi connectivity index (χ3n) is 2.21. The number of carbonyl (C=O) groups is 2. The molecular formula is C10H16N4O3. The molecule has 3 N–H and O–H groups in total.